The Morgan fingerprint density at radius 2 is 2.22 bits per heavy atom. The molecule has 1 aliphatic rings. The molecule has 0 heterocycles. The van der Waals surface area contributed by atoms with Gasteiger partial charge in [0.1, 0.15) is 0 Å². The molecule has 100 valence electrons. The molecule has 1 aromatic carbocycles. The summed E-state index contributed by atoms with van der Waals surface area (Å²) in [6, 6.07) is 6.32. The van der Waals surface area contributed by atoms with Crippen LogP contribution in [0.4, 0.5) is 0 Å². The molecule has 0 atom stereocenters. The highest BCUT2D eigenvalue weighted by Crippen LogP contribution is 2.21. The lowest BCUT2D eigenvalue weighted by Crippen LogP contribution is -2.33. The minimum Gasteiger partial charge on any atom is -0.370 e. The number of hydrogen-bond donors (Lipinski definition) is 2. The number of aliphatic imine (C=N–C) groups is 1. The van der Waals surface area contributed by atoms with E-state index in [-0.39, 0.29) is 24.0 Å². The van der Waals surface area contributed by atoms with Crippen molar-refractivity contribution in [3.63, 3.8) is 0 Å². The van der Waals surface area contributed by atoms with Crippen LogP contribution in [0.25, 0.3) is 0 Å². The quantitative estimate of drug-likeness (QED) is 0.425. The molecular weight excluding hydrogens is 428 g/mol. The molecule has 1 fully saturated rings. The summed E-state index contributed by atoms with van der Waals surface area (Å²) in [6.07, 6.45) is 3.24. The molecule has 3 nitrogen and oxygen atoms in total. The predicted molar refractivity (Wildman–Crippen MR) is 90.9 cm³/mol. The minimum atomic E-state index is 0. The standard InChI is InChI=1S/C12H15BrClN3.HI/c13-11-4-1-9(14)7-8(11)5-6-16-12(15)17-10-2-3-10;/h1,4,7,10H,2-3,5-6H2,(H3,15,16,17);1H. The molecule has 0 radical (unpaired) electrons. The number of hydrogen-bond acceptors (Lipinski definition) is 1. The smallest absolute Gasteiger partial charge is 0.188 e. The molecule has 0 unspecified atom stereocenters. The van der Waals surface area contributed by atoms with E-state index in [0.29, 0.717) is 18.5 Å². The monoisotopic (exact) mass is 443 g/mol. The zero-order valence-corrected chi connectivity index (χ0v) is 14.5. The van der Waals surface area contributed by atoms with Crippen LogP contribution in [-0.2, 0) is 6.42 Å². The Hall–Kier alpha value is -0.0100. The van der Waals surface area contributed by atoms with E-state index in [4.69, 9.17) is 17.3 Å². The van der Waals surface area contributed by atoms with Crippen molar-refractivity contribution >= 4 is 57.5 Å². The molecule has 1 aliphatic carbocycles. The average Bonchev–Trinajstić information content (AvgIpc) is 3.07. The van der Waals surface area contributed by atoms with E-state index in [1.54, 1.807) is 0 Å². The predicted octanol–water partition coefficient (Wildman–Crippen LogP) is 3.33. The van der Waals surface area contributed by atoms with Crippen molar-refractivity contribution in [3.8, 4) is 0 Å². The summed E-state index contributed by atoms with van der Waals surface area (Å²) in [5, 5.41) is 3.90. The molecule has 0 spiro atoms. The van der Waals surface area contributed by atoms with Crippen molar-refractivity contribution in [1.29, 1.82) is 0 Å². The normalized spacial score (nSPS) is 15.1. The molecule has 3 N–H and O–H groups in total. The Labute approximate surface area is 138 Å². The largest absolute Gasteiger partial charge is 0.370 e. The summed E-state index contributed by atoms with van der Waals surface area (Å²) in [6.45, 7) is 0.671. The molecule has 2 rings (SSSR count). The first-order valence-electron chi connectivity index (χ1n) is 5.65. The van der Waals surface area contributed by atoms with Crippen LogP contribution >= 0.6 is 51.5 Å². The third kappa shape index (κ3) is 5.32. The van der Waals surface area contributed by atoms with Crippen LogP contribution in [0.15, 0.2) is 27.7 Å². The third-order valence-corrected chi connectivity index (χ3v) is 3.61. The molecule has 0 bridgehead atoms. The van der Waals surface area contributed by atoms with Crippen LogP contribution in [0, 0.1) is 0 Å². The fourth-order valence-corrected chi connectivity index (χ4v) is 2.15. The molecule has 1 aromatic rings. The lowest BCUT2D eigenvalue weighted by molar-refractivity contribution is 0.869. The van der Waals surface area contributed by atoms with Gasteiger partial charge in [0.05, 0.1) is 0 Å². The van der Waals surface area contributed by atoms with Gasteiger partial charge in [-0.25, -0.2) is 0 Å². The number of halogens is 3. The maximum atomic E-state index is 5.94. The molecule has 0 amide bonds. The van der Waals surface area contributed by atoms with Crippen LogP contribution in [0.5, 0.6) is 0 Å². The average molecular weight is 445 g/mol. The molecular formula is C12H16BrClIN3. The van der Waals surface area contributed by atoms with E-state index in [1.807, 2.05) is 18.2 Å². The first-order valence-corrected chi connectivity index (χ1v) is 6.82. The van der Waals surface area contributed by atoms with Gasteiger partial charge in [0, 0.05) is 22.1 Å². The molecule has 0 aliphatic heterocycles. The van der Waals surface area contributed by atoms with Crippen molar-refractivity contribution in [3.05, 3.63) is 33.3 Å². The topological polar surface area (TPSA) is 50.4 Å². The highest BCUT2D eigenvalue weighted by Gasteiger charge is 2.21. The highest BCUT2D eigenvalue weighted by molar-refractivity contribution is 14.0. The van der Waals surface area contributed by atoms with Crippen molar-refractivity contribution in [2.45, 2.75) is 25.3 Å². The first kappa shape index (κ1) is 16.0. The zero-order chi connectivity index (χ0) is 12.3. The van der Waals surface area contributed by atoms with Gasteiger partial charge in [-0.2, -0.15) is 0 Å². The molecule has 6 heteroatoms. The van der Waals surface area contributed by atoms with Crippen LogP contribution in [-0.4, -0.2) is 18.5 Å². The first-order chi connectivity index (χ1) is 8.15. The van der Waals surface area contributed by atoms with E-state index in [2.05, 4.69) is 26.2 Å². The zero-order valence-electron chi connectivity index (χ0n) is 9.83. The van der Waals surface area contributed by atoms with Crippen molar-refractivity contribution in [2.24, 2.45) is 10.7 Å². The number of benzene rings is 1. The van der Waals surface area contributed by atoms with Gasteiger partial charge in [0.25, 0.3) is 0 Å². The van der Waals surface area contributed by atoms with Gasteiger partial charge in [0.15, 0.2) is 5.96 Å². The van der Waals surface area contributed by atoms with Crippen molar-refractivity contribution in [1.82, 2.24) is 5.32 Å². The van der Waals surface area contributed by atoms with E-state index in [9.17, 15) is 0 Å². The Bertz CT molecular complexity index is 435. The van der Waals surface area contributed by atoms with Crippen LogP contribution in [0.1, 0.15) is 18.4 Å². The van der Waals surface area contributed by atoms with E-state index in [0.717, 1.165) is 21.5 Å². The number of nitrogens with one attached hydrogen (secondary N) is 1. The SMILES string of the molecule is I.NC(=NCCc1cc(Cl)ccc1Br)NC1CC1. The Kier molecular flexibility index (Phi) is 6.73. The second-order valence-corrected chi connectivity index (χ2v) is 5.46. The summed E-state index contributed by atoms with van der Waals surface area (Å²) in [7, 11) is 0. The van der Waals surface area contributed by atoms with Gasteiger partial charge in [-0.3, -0.25) is 4.99 Å². The number of nitrogens with zero attached hydrogens (tertiary/aromatic N) is 1. The molecule has 18 heavy (non-hydrogen) atoms. The Balaban J connectivity index is 0.00000162. The number of nitrogens with two attached hydrogens (primary N) is 1. The Morgan fingerprint density at radius 1 is 1.50 bits per heavy atom. The molecule has 0 saturated heterocycles. The van der Waals surface area contributed by atoms with Crippen molar-refractivity contribution < 1.29 is 0 Å². The Morgan fingerprint density at radius 3 is 2.89 bits per heavy atom. The van der Waals surface area contributed by atoms with Crippen LogP contribution in [0.2, 0.25) is 5.02 Å². The maximum Gasteiger partial charge on any atom is 0.188 e. The second-order valence-electron chi connectivity index (χ2n) is 4.17. The molecule has 1 saturated carbocycles. The van der Waals surface area contributed by atoms with Gasteiger partial charge in [0.2, 0.25) is 0 Å². The third-order valence-electron chi connectivity index (χ3n) is 2.60. The van der Waals surface area contributed by atoms with Crippen LogP contribution in [0.3, 0.4) is 0 Å². The number of guanidine groups is 1. The van der Waals surface area contributed by atoms with Gasteiger partial charge in [-0.1, -0.05) is 27.5 Å². The minimum absolute atomic E-state index is 0. The fraction of sp³-hybridized carbons (Fsp3) is 0.417. The molecule has 0 aromatic heterocycles. The second kappa shape index (κ2) is 7.55. The van der Waals surface area contributed by atoms with Crippen molar-refractivity contribution in [2.75, 3.05) is 6.54 Å². The lowest BCUT2D eigenvalue weighted by Gasteiger charge is -2.05. The fourth-order valence-electron chi connectivity index (χ4n) is 1.51. The van der Waals surface area contributed by atoms with Crippen LogP contribution < -0.4 is 11.1 Å². The van der Waals surface area contributed by atoms with Gasteiger partial charge in [-0.15, -0.1) is 24.0 Å². The van der Waals surface area contributed by atoms with E-state index >= 15 is 0 Å². The summed E-state index contributed by atoms with van der Waals surface area (Å²) in [5.74, 6) is 0.547. The van der Waals surface area contributed by atoms with Gasteiger partial charge in [-0.05, 0) is 43.0 Å². The summed E-state index contributed by atoms with van der Waals surface area (Å²) < 4.78 is 1.06. The van der Waals surface area contributed by atoms with E-state index in [1.165, 1.54) is 12.8 Å². The summed E-state index contributed by atoms with van der Waals surface area (Å²) in [4.78, 5) is 4.29. The lowest BCUT2D eigenvalue weighted by atomic mass is 10.1. The van der Waals surface area contributed by atoms with Gasteiger partial charge < -0.3 is 11.1 Å². The summed E-state index contributed by atoms with van der Waals surface area (Å²) in [5.41, 5.74) is 6.90. The van der Waals surface area contributed by atoms with Gasteiger partial charge >= 0.3 is 0 Å². The summed E-state index contributed by atoms with van der Waals surface area (Å²) >= 11 is 9.44. The maximum absolute atomic E-state index is 5.94. The van der Waals surface area contributed by atoms with E-state index < -0.39 is 0 Å². The number of rotatable bonds is 4. The highest BCUT2D eigenvalue weighted by atomic mass is 127.